The molecule has 0 amide bonds. The third kappa shape index (κ3) is 9.93. The Balaban J connectivity index is 1.33. The highest BCUT2D eigenvalue weighted by molar-refractivity contribution is 5.78. The van der Waals surface area contributed by atoms with E-state index >= 15 is 0 Å². The Morgan fingerprint density at radius 2 is 1.81 bits per heavy atom. The summed E-state index contributed by atoms with van der Waals surface area (Å²) in [6.45, 7) is 13.5. The number of carbonyl (C=O) groups is 2. The smallest absolute Gasteiger partial charge is 0.399 e. The molecule has 3 saturated heterocycles. The highest BCUT2D eigenvalue weighted by Crippen LogP contribution is 2.47. The first-order valence-corrected chi connectivity index (χ1v) is 20.9. The van der Waals surface area contributed by atoms with Gasteiger partial charge in [0.05, 0.1) is 31.0 Å². The number of carbonyl (C=O) groups excluding carboxylic acids is 2. The molecule has 3 fully saturated rings. The average Bonchev–Trinajstić information content (AvgIpc) is 3.51. The van der Waals surface area contributed by atoms with Crippen molar-refractivity contribution in [2.45, 2.75) is 166 Å². The van der Waals surface area contributed by atoms with Gasteiger partial charge in [-0.05, 0) is 55.9 Å². The maximum absolute atomic E-state index is 14.3. The second-order valence-electron chi connectivity index (χ2n) is 17.3. The standard InChI is InChI=1S/C44H61F3O12/c1-9-23(2)38-26(5)15-16-42(59-38)20-31-18-30(58-42)14-13-25(4)37(57-35-19-33(52-8)39(28(7)54-35)56-34(48)21-43(45,46)47)24(3)11-10-12-29-22-53-40-36(49)27(6)17-32(41(50)55-31)44(29,40)51/h10-13,15-17,23-24,26,28,30-33,35-40,49,51H,9,14,18-22H2,1-8H3/b11-10+,25-13+,29-12+/t23?,24-,26-,28-,30+,31-,32?,33-,35?,36+,37-,38+,39-,40+,42?,44+/m0/s1. The number of alkyl halides is 3. The summed E-state index contributed by atoms with van der Waals surface area (Å²) < 4.78 is 88.3. The van der Waals surface area contributed by atoms with E-state index in [1.54, 1.807) is 32.1 Å². The van der Waals surface area contributed by atoms with Gasteiger partial charge in [-0.3, -0.25) is 9.59 Å². The van der Waals surface area contributed by atoms with Gasteiger partial charge < -0.3 is 48.1 Å². The highest BCUT2D eigenvalue weighted by atomic mass is 19.4. The van der Waals surface area contributed by atoms with Crippen LogP contribution in [0.5, 0.6) is 0 Å². The van der Waals surface area contributed by atoms with Crippen molar-refractivity contribution in [3.63, 3.8) is 0 Å². The molecule has 5 heterocycles. The molecule has 6 aliphatic rings. The van der Waals surface area contributed by atoms with Crippen molar-refractivity contribution in [3.05, 3.63) is 59.3 Å². The molecule has 6 rings (SSSR count). The number of aliphatic hydroxyl groups is 2. The number of aliphatic hydroxyl groups excluding tert-OH is 1. The summed E-state index contributed by atoms with van der Waals surface area (Å²) in [7, 11) is 1.39. The van der Waals surface area contributed by atoms with Crippen molar-refractivity contribution in [2.75, 3.05) is 13.7 Å². The van der Waals surface area contributed by atoms with E-state index in [4.69, 9.17) is 37.9 Å². The van der Waals surface area contributed by atoms with Crippen molar-refractivity contribution in [1.82, 2.24) is 0 Å². The van der Waals surface area contributed by atoms with Gasteiger partial charge in [-0.1, -0.05) is 70.6 Å². The third-order valence-electron chi connectivity index (χ3n) is 12.9. The highest BCUT2D eigenvalue weighted by Gasteiger charge is 2.60. The molecule has 2 bridgehead atoms. The molecule has 0 aromatic carbocycles. The maximum Gasteiger partial charge on any atom is 0.399 e. The van der Waals surface area contributed by atoms with Gasteiger partial charge in [0.2, 0.25) is 0 Å². The summed E-state index contributed by atoms with van der Waals surface area (Å²) in [6.07, 6.45) is 0.686. The van der Waals surface area contributed by atoms with Crippen LogP contribution in [0.2, 0.25) is 0 Å². The predicted octanol–water partition coefficient (Wildman–Crippen LogP) is 6.35. The number of hydrogen-bond donors (Lipinski definition) is 2. The number of rotatable bonds is 7. The van der Waals surface area contributed by atoms with E-state index in [2.05, 4.69) is 26.8 Å². The first kappa shape index (κ1) is 45.6. The molecule has 2 N–H and O–H groups in total. The lowest BCUT2D eigenvalue weighted by atomic mass is 9.71. The zero-order chi connectivity index (χ0) is 43.0. The van der Waals surface area contributed by atoms with Crippen molar-refractivity contribution in [1.29, 1.82) is 0 Å². The van der Waals surface area contributed by atoms with E-state index < -0.39 is 97.0 Å². The molecule has 0 saturated carbocycles. The van der Waals surface area contributed by atoms with Gasteiger partial charge in [-0.25, -0.2) is 0 Å². The Morgan fingerprint density at radius 3 is 2.51 bits per heavy atom. The fourth-order valence-corrected chi connectivity index (χ4v) is 9.38. The number of allylic oxidation sites excluding steroid dienone is 2. The molecule has 59 heavy (non-hydrogen) atoms. The number of halogens is 3. The molecule has 0 radical (unpaired) electrons. The van der Waals surface area contributed by atoms with Crippen LogP contribution in [-0.2, 0) is 47.5 Å². The summed E-state index contributed by atoms with van der Waals surface area (Å²) in [6, 6.07) is 0. The van der Waals surface area contributed by atoms with E-state index in [1.165, 1.54) is 7.11 Å². The predicted molar refractivity (Wildman–Crippen MR) is 207 cm³/mol. The van der Waals surface area contributed by atoms with E-state index in [-0.39, 0.29) is 43.3 Å². The fourth-order valence-electron chi connectivity index (χ4n) is 9.38. The lowest BCUT2D eigenvalue weighted by molar-refractivity contribution is -0.300. The largest absolute Gasteiger partial charge is 0.462 e. The summed E-state index contributed by atoms with van der Waals surface area (Å²) in [5, 5.41) is 23.5. The van der Waals surface area contributed by atoms with E-state index in [0.717, 1.165) is 12.0 Å². The molecule has 330 valence electrons. The number of fused-ring (bicyclic) bond motifs is 2. The van der Waals surface area contributed by atoms with Gasteiger partial charge >= 0.3 is 18.1 Å². The molecular formula is C44H61F3O12. The Hall–Kier alpha value is -2.89. The number of esters is 2. The van der Waals surface area contributed by atoms with Crippen LogP contribution in [0.25, 0.3) is 0 Å². The Bertz CT molecular complexity index is 1690. The molecule has 16 atom stereocenters. The van der Waals surface area contributed by atoms with Crippen LogP contribution < -0.4 is 0 Å². The summed E-state index contributed by atoms with van der Waals surface area (Å²) >= 11 is 0. The third-order valence-corrected chi connectivity index (χ3v) is 12.9. The molecular weight excluding hydrogens is 777 g/mol. The van der Waals surface area contributed by atoms with Crippen molar-refractivity contribution in [2.24, 2.45) is 23.7 Å². The minimum atomic E-state index is -4.72. The van der Waals surface area contributed by atoms with Gasteiger partial charge in [0.15, 0.2) is 18.2 Å². The molecule has 1 aliphatic carbocycles. The molecule has 4 unspecified atom stereocenters. The molecule has 0 aromatic heterocycles. The summed E-state index contributed by atoms with van der Waals surface area (Å²) in [5.74, 6) is -4.36. The van der Waals surface area contributed by atoms with Gasteiger partial charge in [0.1, 0.15) is 42.4 Å². The first-order valence-electron chi connectivity index (χ1n) is 20.9. The van der Waals surface area contributed by atoms with Gasteiger partial charge in [-0.2, -0.15) is 13.2 Å². The lowest BCUT2D eigenvalue weighted by Crippen LogP contribution is -2.58. The summed E-state index contributed by atoms with van der Waals surface area (Å²) in [4.78, 5) is 26.4. The number of ether oxygens (including phenoxy) is 8. The fraction of sp³-hybridized carbons (Fsp3) is 0.727. The van der Waals surface area contributed by atoms with Crippen molar-refractivity contribution in [3.8, 4) is 0 Å². The second-order valence-corrected chi connectivity index (χ2v) is 17.3. The van der Waals surface area contributed by atoms with Gasteiger partial charge in [0, 0.05) is 38.2 Å². The zero-order valence-corrected chi connectivity index (χ0v) is 35.2. The normalized spacial score (nSPS) is 44.6. The Kier molecular flexibility index (Phi) is 14.1. The Morgan fingerprint density at radius 1 is 1.07 bits per heavy atom. The van der Waals surface area contributed by atoms with Gasteiger partial charge in [-0.15, -0.1) is 0 Å². The van der Waals surface area contributed by atoms with Crippen LogP contribution in [0.1, 0.15) is 87.0 Å². The zero-order valence-electron chi connectivity index (χ0n) is 35.2. The number of hydrogen-bond acceptors (Lipinski definition) is 12. The van der Waals surface area contributed by atoms with Crippen LogP contribution >= 0.6 is 0 Å². The molecule has 1 spiro atoms. The molecule has 0 aromatic rings. The summed E-state index contributed by atoms with van der Waals surface area (Å²) in [5.41, 5.74) is -0.175. The van der Waals surface area contributed by atoms with Crippen LogP contribution in [0.3, 0.4) is 0 Å². The van der Waals surface area contributed by atoms with E-state index in [1.807, 2.05) is 32.1 Å². The van der Waals surface area contributed by atoms with Crippen LogP contribution in [0.4, 0.5) is 13.2 Å². The van der Waals surface area contributed by atoms with Crippen LogP contribution in [0.15, 0.2) is 59.3 Å². The van der Waals surface area contributed by atoms with E-state index in [9.17, 15) is 33.0 Å². The minimum Gasteiger partial charge on any atom is -0.462 e. The van der Waals surface area contributed by atoms with Crippen molar-refractivity contribution < 1.29 is 70.9 Å². The topological polar surface area (TPSA) is 148 Å². The quantitative estimate of drug-likeness (QED) is 0.218. The van der Waals surface area contributed by atoms with E-state index in [0.29, 0.717) is 24.0 Å². The average molecular weight is 839 g/mol. The molecule has 15 heteroatoms. The SMILES string of the molecule is CCC(C)[C@H]1OC2(C=C[C@@H]1C)C[C@@H]1C[C@@H](C/C=C(\C)[C@@H](OC3C[C@H](OC)[C@@H](OC(=O)CC(F)(F)F)[C@H](C)O3)[C@@H](C)/C=C/C=C3\CO[C@@H]4[C@H](O)C(C)=CC(C(=O)O1)[C@]34O)O2. The first-order chi connectivity index (χ1) is 27.8. The van der Waals surface area contributed by atoms with Crippen molar-refractivity contribution >= 4 is 11.9 Å². The molecule has 12 nitrogen and oxygen atoms in total. The Labute approximate surface area is 344 Å². The minimum absolute atomic E-state index is 0.0299. The van der Waals surface area contributed by atoms with Gasteiger partial charge in [0.25, 0.3) is 0 Å². The van der Waals surface area contributed by atoms with Crippen LogP contribution in [0, 0.1) is 23.7 Å². The number of methoxy groups -OCH3 is 1. The molecule has 5 aliphatic heterocycles. The second kappa shape index (κ2) is 18.2. The maximum atomic E-state index is 14.3. The van der Waals surface area contributed by atoms with Crippen LogP contribution in [-0.4, -0.2) is 115 Å². The monoisotopic (exact) mass is 838 g/mol. The lowest BCUT2D eigenvalue weighted by Gasteiger charge is -2.48.